The second-order valence-corrected chi connectivity index (χ2v) is 4.92. The standard InChI is InChI=1S/C16H24N2O3/c1-5-13(18-8-6-17-7-9-18)12-10-15(20-3)16(21-4)11-14(12)19-2/h5,10-11,13,17H,1,6-9H2,2-4H3/t13-/m1/s1. The Kier molecular flexibility index (Phi) is 5.47. The SMILES string of the molecule is C=C[C@H](c1cc(OC)c(OC)cc1OC)N1CCNCC1. The van der Waals surface area contributed by atoms with Crippen LogP contribution in [0.15, 0.2) is 24.8 Å². The third-order valence-electron chi connectivity index (χ3n) is 3.82. The first kappa shape index (κ1) is 15.7. The van der Waals surface area contributed by atoms with Gasteiger partial charge in [0.1, 0.15) is 5.75 Å². The van der Waals surface area contributed by atoms with Gasteiger partial charge >= 0.3 is 0 Å². The molecule has 0 aliphatic carbocycles. The van der Waals surface area contributed by atoms with E-state index < -0.39 is 0 Å². The number of methoxy groups -OCH3 is 3. The second-order valence-electron chi connectivity index (χ2n) is 4.92. The van der Waals surface area contributed by atoms with Crippen LogP contribution in [0.2, 0.25) is 0 Å². The summed E-state index contributed by atoms with van der Waals surface area (Å²) in [7, 11) is 4.93. The van der Waals surface area contributed by atoms with Gasteiger partial charge in [0, 0.05) is 37.8 Å². The Morgan fingerprint density at radius 2 is 1.62 bits per heavy atom. The van der Waals surface area contributed by atoms with Gasteiger partial charge in [0.05, 0.1) is 27.4 Å². The van der Waals surface area contributed by atoms with Gasteiger partial charge in [-0.1, -0.05) is 6.08 Å². The molecule has 1 atom stereocenters. The second kappa shape index (κ2) is 7.33. The van der Waals surface area contributed by atoms with E-state index in [4.69, 9.17) is 14.2 Å². The zero-order valence-electron chi connectivity index (χ0n) is 13.0. The summed E-state index contributed by atoms with van der Waals surface area (Å²) in [5.41, 5.74) is 1.05. The molecular weight excluding hydrogens is 268 g/mol. The number of hydrogen-bond acceptors (Lipinski definition) is 5. The highest BCUT2D eigenvalue weighted by Crippen LogP contribution is 2.39. The molecule has 5 heteroatoms. The molecule has 1 aromatic rings. The van der Waals surface area contributed by atoms with Crippen LogP contribution in [0.5, 0.6) is 17.2 Å². The van der Waals surface area contributed by atoms with Gasteiger partial charge in [0.25, 0.3) is 0 Å². The van der Waals surface area contributed by atoms with Crippen molar-refractivity contribution < 1.29 is 14.2 Å². The third kappa shape index (κ3) is 3.31. The number of ether oxygens (including phenoxy) is 3. The minimum Gasteiger partial charge on any atom is -0.496 e. The Morgan fingerprint density at radius 3 is 2.14 bits per heavy atom. The van der Waals surface area contributed by atoms with Gasteiger partial charge in [-0.2, -0.15) is 0 Å². The van der Waals surface area contributed by atoms with Crippen LogP contribution in [-0.2, 0) is 0 Å². The van der Waals surface area contributed by atoms with Crippen LogP contribution < -0.4 is 19.5 Å². The predicted molar refractivity (Wildman–Crippen MR) is 83.5 cm³/mol. The van der Waals surface area contributed by atoms with Crippen molar-refractivity contribution in [1.82, 2.24) is 10.2 Å². The van der Waals surface area contributed by atoms with Crippen LogP contribution in [0.25, 0.3) is 0 Å². The van der Waals surface area contributed by atoms with Crippen LogP contribution in [0.4, 0.5) is 0 Å². The van der Waals surface area contributed by atoms with Crippen molar-refractivity contribution in [3.05, 3.63) is 30.4 Å². The van der Waals surface area contributed by atoms with Crippen molar-refractivity contribution in [3.63, 3.8) is 0 Å². The smallest absolute Gasteiger partial charge is 0.164 e. The van der Waals surface area contributed by atoms with Crippen LogP contribution in [0, 0.1) is 0 Å². The summed E-state index contributed by atoms with van der Waals surface area (Å²) in [6.45, 7) is 7.93. The van der Waals surface area contributed by atoms with Crippen molar-refractivity contribution in [2.45, 2.75) is 6.04 Å². The average molecular weight is 292 g/mol. The Hall–Kier alpha value is -1.72. The lowest BCUT2D eigenvalue weighted by atomic mass is 10.0. The Balaban J connectivity index is 2.40. The molecule has 2 rings (SSSR count). The van der Waals surface area contributed by atoms with E-state index in [1.165, 1.54) is 0 Å². The summed E-state index contributed by atoms with van der Waals surface area (Å²) < 4.78 is 16.3. The van der Waals surface area contributed by atoms with E-state index in [9.17, 15) is 0 Å². The summed E-state index contributed by atoms with van der Waals surface area (Å²) in [5.74, 6) is 2.16. The highest BCUT2D eigenvalue weighted by atomic mass is 16.5. The summed E-state index contributed by atoms with van der Waals surface area (Å²) in [6.07, 6.45) is 1.95. The van der Waals surface area contributed by atoms with E-state index in [2.05, 4.69) is 16.8 Å². The molecule has 116 valence electrons. The maximum absolute atomic E-state index is 5.54. The average Bonchev–Trinajstić information content (AvgIpc) is 2.56. The zero-order chi connectivity index (χ0) is 15.2. The molecule has 1 N–H and O–H groups in total. The van der Waals surface area contributed by atoms with E-state index in [-0.39, 0.29) is 6.04 Å². The molecule has 0 aromatic heterocycles. The summed E-state index contributed by atoms with van der Waals surface area (Å²) in [6, 6.07) is 3.95. The number of nitrogens with one attached hydrogen (secondary N) is 1. The molecule has 0 unspecified atom stereocenters. The first-order valence-corrected chi connectivity index (χ1v) is 7.12. The van der Waals surface area contributed by atoms with Crippen LogP contribution in [-0.4, -0.2) is 52.4 Å². The molecule has 1 aliphatic heterocycles. The lowest BCUT2D eigenvalue weighted by molar-refractivity contribution is 0.200. The summed E-state index contributed by atoms with van der Waals surface area (Å²) in [4.78, 5) is 2.38. The topological polar surface area (TPSA) is 43.0 Å². The molecule has 0 radical (unpaired) electrons. The van der Waals surface area contributed by atoms with Gasteiger partial charge in [0.15, 0.2) is 11.5 Å². The first-order valence-electron chi connectivity index (χ1n) is 7.12. The van der Waals surface area contributed by atoms with E-state index in [1.807, 2.05) is 18.2 Å². The largest absolute Gasteiger partial charge is 0.496 e. The lowest BCUT2D eigenvalue weighted by Crippen LogP contribution is -2.44. The van der Waals surface area contributed by atoms with E-state index in [1.54, 1.807) is 21.3 Å². The van der Waals surface area contributed by atoms with E-state index in [0.717, 1.165) is 37.5 Å². The minimum atomic E-state index is 0.0989. The zero-order valence-corrected chi connectivity index (χ0v) is 13.0. The first-order chi connectivity index (χ1) is 10.2. The van der Waals surface area contributed by atoms with Crippen molar-refractivity contribution in [2.24, 2.45) is 0 Å². The molecule has 1 aliphatic rings. The van der Waals surface area contributed by atoms with Crippen LogP contribution in [0.1, 0.15) is 11.6 Å². The highest BCUT2D eigenvalue weighted by Gasteiger charge is 2.24. The van der Waals surface area contributed by atoms with Gasteiger partial charge < -0.3 is 19.5 Å². The molecule has 0 bridgehead atoms. The fraction of sp³-hybridized carbons (Fsp3) is 0.500. The summed E-state index contributed by atoms with van der Waals surface area (Å²) in [5, 5.41) is 3.36. The minimum absolute atomic E-state index is 0.0989. The van der Waals surface area contributed by atoms with E-state index >= 15 is 0 Å². The van der Waals surface area contributed by atoms with Crippen molar-refractivity contribution >= 4 is 0 Å². The molecule has 1 saturated heterocycles. The molecule has 1 heterocycles. The van der Waals surface area contributed by atoms with Gasteiger partial charge in [-0.15, -0.1) is 6.58 Å². The Morgan fingerprint density at radius 1 is 1.05 bits per heavy atom. The number of benzene rings is 1. The highest BCUT2D eigenvalue weighted by molar-refractivity contribution is 5.52. The van der Waals surface area contributed by atoms with Gasteiger partial charge in [-0.05, 0) is 6.07 Å². The molecule has 21 heavy (non-hydrogen) atoms. The Labute approximate surface area is 126 Å². The lowest BCUT2D eigenvalue weighted by Gasteiger charge is -2.34. The van der Waals surface area contributed by atoms with Gasteiger partial charge in [-0.25, -0.2) is 0 Å². The molecule has 5 nitrogen and oxygen atoms in total. The van der Waals surface area contributed by atoms with Gasteiger partial charge in [-0.3, -0.25) is 4.90 Å². The Bertz CT molecular complexity index is 485. The molecule has 0 spiro atoms. The molecule has 0 saturated carbocycles. The van der Waals surface area contributed by atoms with Crippen molar-refractivity contribution in [2.75, 3.05) is 47.5 Å². The fourth-order valence-electron chi connectivity index (χ4n) is 2.72. The number of rotatable bonds is 6. The molecular formula is C16H24N2O3. The molecule has 0 amide bonds. The maximum Gasteiger partial charge on any atom is 0.164 e. The number of hydrogen-bond donors (Lipinski definition) is 1. The number of nitrogens with zero attached hydrogens (tertiary/aromatic N) is 1. The van der Waals surface area contributed by atoms with Gasteiger partial charge in [0.2, 0.25) is 0 Å². The molecule has 1 aromatic carbocycles. The fourth-order valence-corrected chi connectivity index (χ4v) is 2.72. The van der Waals surface area contributed by atoms with E-state index in [0.29, 0.717) is 11.5 Å². The van der Waals surface area contributed by atoms with Crippen LogP contribution in [0.3, 0.4) is 0 Å². The predicted octanol–water partition coefficient (Wildman–Crippen LogP) is 1.84. The number of piperazine rings is 1. The normalized spacial score (nSPS) is 17.1. The summed E-state index contributed by atoms with van der Waals surface area (Å²) >= 11 is 0. The quantitative estimate of drug-likeness (QED) is 0.811. The third-order valence-corrected chi connectivity index (χ3v) is 3.82. The molecule has 1 fully saturated rings. The maximum atomic E-state index is 5.54. The van der Waals surface area contributed by atoms with Crippen molar-refractivity contribution in [1.29, 1.82) is 0 Å². The van der Waals surface area contributed by atoms with Crippen molar-refractivity contribution in [3.8, 4) is 17.2 Å². The van der Waals surface area contributed by atoms with Crippen LogP contribution >= 0.6 is 0 Å². The monoisotopic (exact) mass is 292 g/mol.